The number of carbonyl (C=O) groups is 1. The molecule has 0 aromatic carbocycles. The lowest BCUT2D eigenvalue weighted by Crippen LogP contribution is -2.24. The van der Waals surface area contributed by atoms with Gasteiger partial charge in [-0.25, -0.2) is 4.98 Å². The summed E-state index contributed by atoms with van der Waals surface area (Å²) >= 11 is 0. The SMILES string of the molecule is Cc1cc(NC(=O)[C@H](C)Cn2cncn2)no1. The number of nitrogens with zero attached hydrogens (tertiary/aromatic N) is 4. The van der Waals surface area contributed by atoms with Crippen molar-refractivity contribution in [3.63, 3.8) is 0 Å². The molecule has 0 aliphatic rings. The zero-order chi connectivity index (χ0) is 12.3. The third-order valence-corrected chi connectivity index (χ3v) is 2.25. The number of anilines is 1. The molecule has 1 N–H and O–H groups in total. The molecule has 0 radical (unpaired) electrons. The van der Waals surface area contributed by atoms with Crippen LogP contribution in [0.2, 0.25) is 0 Å². The zero-order valence-corrected chi connectivity index (χ0v) is 9.62. The molecule has 2 rings (SSSR count). The molecule has 2 aromatic rings. The number of nitrogens with one attached hydrogen (secondary N) is 1. The Labute approximate surface area is 97.8 Å². The van der Waals surface area contributed by atoms with Gasteiger partial charge in [0.1, 0.15) is 18.4 Å². The van der Waals surface area contributed by atoms with Crippen LogP contribution >= 0.6 is 0 Å². The quantitative estimate of drug-likeness (QED) is 0.849. The highest BCUT2D eigenvalue weighted by molar-refractivity contribution is 5.91. The highest BCUT2D eigenvalue weighted by Gasteiger charge is 2.15. The lowest BCUT2D eigenvalue weighted by atomic mass is 10.1. The van der Waals surface area contributed by atoms with Crippen molar-refractivity contribution in [2.24, 2.45) is 5.92 Å². The van der Waals surface area contributed by atoms with Crippen LogP contribution in [-0.4, -0.2) is 25.8 Å². The van der Waals surface area contributed by atoms with Crippen LogP contribution in [-0.2, 0) is 11.3 Å². The molecule has 0 saturated carbocycles. The molecular formula is C10H13N5O2. The number of amides is 1. The van der Waals surface area contributed by atoms with Crippen LogP contribution in [0.5, 0.6) is 0 Å². The Morgan fingerprint density at radius 2 is 2.47 bits per heavy atom. The number of rotatable bonds is 4. The third-order valence-electron chi connectivity index (χ3n) is 2.25. The van der Waals surface area contributed by atoms with Crippen molar-refractivity contribution < 1.29 is 9.32 Å². The van der Waals surface area contributed by atoms with E-state index in [1.165, 1.54) is 6.33 Å². The number of carbonyl (C=O) groups excluding carboxylic acids is 1. The second-order valence-electron chi connectivity index (χ2n) is 3.83. The fourth-order valence-corrected chi connectivity index (χ4v) is 1.37. The molecule has 7 heteroatoms. The molecule has 1 amide bonds. The maximum atomic E-state index is 11.8. The molecule has 0 aliphatic heterocycles. The monoisotopic (exact) mass is 235 g/mol. The largest absolute Gasteiger partial charge is 0.360 e. The normalized spacial score (nSPS) is 12.4. The van der Waals surface area contributed by atoms with Gasteiger partial charge in [0.2, 0.25) is 5.91 Å². The van der Waals surface area contributed by atoms with Gasteiger partial charge >= 0.3 is 0 Å². The van der Waals surface area contributed by atoms with Gasteiger partial charge in [-0.15, -0.1) is 0 Å². The van der Waals surface area contributed by atoms with E-state index < -0.39 is 0 Å². The molecule has 7 nitrogen and oxygen atoms in total. The van der Waals surface area contributed by atoms with Gasteiger partial charge in [-0.1, -0.05) is 12.1 Å². The number of hydrogen-bond donors (Lipinski definition) is 1. The molecule has 90 valence electrons. The highest BCUT2D eigenvalue weighted by atomic mass is 16.5. The summed E-state index contributed by atoms with van der Waals surface area (Å²) in [5, 5.41) is 10.3. The lowest BCUT2D eigenvalue weighted by molar-refractivity contribution is -0.119. The molecule has 0 saturated heterocycles. The summed E-state index contributed by atoms with van der Waals surface area (Å²) in [6, 6.07) is 1.67. The Bertz CT molecular complexity index is 491. The standard InChI is InChI=1S/C10H13N5O2/c1-7(4-15-6-11-5-12-15)10(16)13-9-3-8(2)17-14-9/h3,5-7H,4H2,1-2H3,(H,13,14,16)/t7-/m1/s1. The summed E-state index contributed by atoms with van der Waals surface area (Å²) in [4.78, 5) is 15.6. The van der Waals surface area contributed by atoms with Crippen LogP contribution in [0.4, 0.5) is 5.82 Å². The van der Waals surface area contributed by atoms with Gasteiger partial charge in [0, 0.05) is 6.07 Å². The van der Waals surface area contributed by atoms with Gasteiger partial charge in [0.05, 0.1) is 12.5 Å². The van der Waals surface area contributed by atoms with Crippen molar-refractivity contribution in [3.05, 3.63) is 24.5 Å². The second kappa shape index (κ2) is 4.77. The fourth-order valence-electron chi connectivity index (χ4n) is 1.37. The van der Waals surface area contributed by atoms with E-state index in [0.717, 1.165) is 0 Å². The molecule has 2 aromatic heterocycles. The highest BCUT2D eigenvalue weighted by Crippen LogP contribution is 2.09. The van der Waals surface area contributed by atoms with Crippen LogP contribution in [0.1, 0.15) is 12.7 Å². The lowest BCUT2D eigenvalue weighted by Gasteiger charge is -2.09. The summed E-state index contributed by atoms with van der Waals surface area (Å²) < 4.78 is 6.47. The average Bonchev–Trinajstić information content (AvgIpc) is 2.90. The van der Waals surface area contributed by atoms with E-state index in [4.69, 9.17) is 4.52 Å². The van der Waals surface area contributed by atoms with E-state index in [9.17, 15) is 4.79 Å². The van der Waals surface area contributed by atoms with E-state index in [1.807, 2.05) is 6.92 Å². The van der Waals surface area contributed by atoms with E-state index in [-0.39, 0.29) is 11.8 Å². The predicted molar refractivity (Wildman–Crippen MR) is 59.1 cm³/mol. The number of hydrogen-bond acceptors (Lipinski definition) is 5. The van der Waals surface area contributed by atoms with Crippen LogP contribution in [0, 0.1) is 12.8 Å². The van der Waals surface area contributed by atoms with E-state index >= 15 is 0 Å². The summed E-state index contributed by atoms with van der Waals surface area (Å²) in [7, 11) is 0. The Morgan fingerprint density at radius 1 is 1.65 bits per heavy atom. The number of aromatic nitrogens is 4. The molecule has 1 atom stereocenters. The Hall–Kier alpha value is -2.18. The first kappa shape index (κ1) is 11.3. The van der Waals surface area contributed by atoms with Crippen molar-refractivity contribution in [3.8, 4) is 0 Å². The Balaban J connectivity index is 1.91. The van der Waals surface area contributed by atoms with Crippen LogP contribution in [0.15, 0.2) is 23.2 Å². The molecule has 0 spiro atoms. The zero-order valence-electron chi connectivity index (χ0n) is 9.62. The molecule has 0 fully saturated rings. The number of aryl methyl sites for hydroxylation is 1. The van der Waals surface area contributed by atoms with Crippen molar-refractivity contribution in [2.45, 2.75) is 20.4 Å². The molecule has 2 heterocycles. The summed E-state index contributed by atoms with van der Waals surface area (Å²) in [6.45, 7) is 4.05. The predicted octanol–water partition coefficient (Wildman–Crippen LogP) is 0.849. The average molecular weight is 235 g/mol. The van der Waals surface area contributed by atoms with Crippen molar-refractivity contribution in [1.29, 1.82) is 0 Å². The minimum Gasteiger partial charge on any atom is -0.360 e. The van der Waals surface area contributed by atoms with E-state index in [2.05, 4.69) is 20.6 Å². The smallest absolute Gasteiger partial charge is 0.230 e. The van der Waals surface area contributed by atoms with Crippen molar-refractivity contribution in [1.82, 2.24) is 19.9 Å². The first-order valence-electron chi connectivity index (χ1n) is 5.22. The van der Waals surface area contributed by atoms with Gasteiger partial charge in [-0.3, -0.25) is 9.48 Å². The first-order valence-corrected chi connectivity index (χ1v) is 5.22. The fraction of sp³-hybridized carbons (Fsp3) is 0.400. The topological polar surface area (TPSA) is 85.8 Å². The van der Waals surface area contributed by atoms with Crippen LogP contribution in [0.3, 0.4) is 0 Å². The molecule has 0 aliphatic carbocycles. The minimum absolute atomic E-state index is 0.131. The summed E-state index contributed by atoms with van der Waals surface area (Å²) in [5.74, 6) is 0.727. The van der Waals surface area contributed by atoms with Gasteiger partial charge in [-0.05, 0) is 6.92 Å². The molecule has 17 heavy (non-hydrogen) atoms. The van der Waals surface area contributed by atoms with Crippen molar-refractivity contribution >= 4 is 11.7 Å². The Morgan fingerprint density at radius 3 is 3.06 bits per heavy atom. The van der Waals surface area contributed by atoms with E-state index in [1.54, 1.807) is 24.0 Å². The van der Waals surface area contributed by atoms with Crippen LogP contribution in [0.25, 0.3) is 0 Å². The van der Waals surface area contributed by atoms with Crippen LogP contribution < -0.4 is 5.32 Å². The van der Waals surface area contributed by atoms with Gasteiger partial charge in [0.15, 0.2) is 5.82 Å². The molecule has 0 unspecified atom stereocenters. The molecular weight excluding hydrogens is 222 g/mol. The minimum atomic E-state index is -0.228. The molecule has 0 bridgehead atoms. The van der Waals surface area contributed by atoms with E-state index in [0.29, 0.717) is 18.1 Å². The summed E-state index contributed by atoms with van der Waals surface area (Å²) in [5.41, 5.74) is 0. The Kier molecular flexibility index (Phi) is 3.17. The first-order chi connectivity index (χ1) is 8.15. The van der Waals surface area contributed by atoms with Gasteiger partial charge < -0.3 is 9.84 Å². The van der Waals surface area contributed by atoms with Gasteiger partial charge in [0.25, 0.3) is 0 Å². The van der Waals surface area contributed by atoms with Gasteiger partial charge in [-0.2, -0.15) is 5.10 Å². The maximum Gasteiger partial charge on any atom is 0.230 e. The van der Waals surface area contributed by atoms with Crippen molar-refractivity contribution in [2.75, 3.05) is 5.32 Å². The second-order valence-corrected chi connectivity index (χ2v) is 3.83. The third kappa shape index (κ3) is 2.90. The maximum absolute atomic E-state index is 11.8. The summed E-state index contributed by atoms with van der Waals surface area (Å²) in [6.07, 6.45) is 3.01.